The molecular formula is C51H38N4S2. The molecule has 0 fully saturated rings. The van der Waals surface area contributed by atoms with Crippen molar-refractivity contribution >= 4 is 86.6 Å². The minimum absolute atomic E-state index is 0.0560. The minimum Gasteiger partial charge on any atom is -0.354 e. The Labute approximate surface area is 338 Å². The number of hydrogen-bond donors (Lipinski definition) is 2. The zero-order valence-corrected chi connectivity index (χ0v) is 32.7. The summed E-state index contributed by atoms with van der Waals surface area (Å²) >= 11 is 3.87. The number of hydrogen-bond acceptors (Lipinski definition) is 5. The maximum Gasteiger partial charge on any atom is 0.131 e. The quantitative estimate of drug-likeness (QED) is 0.183. The van der Waals surface area contributed by atoms with E-state index in [4.69, 9.17) is 4.99 Å². The van der Waals surface area contributed by atoms with Gasteiger partial charge in [-0.15, -0.1) is 22.7 Å². The van der Waals surface area contributed by atoms with Gasteiger partial charge in [0.2, 0.25) is 0 Å². The zero-order valence-electron chi connectivity index (χ0n) is 31.1. The number of fused-ring (bicyclic) bond motifs is 9. The van der Waals surface area contributed by atoms with Crippen molar-refractivity contribution in [2.24, 2.45) is 10.9 Å². The maximum absolute atomic E-state index is 5.30. The number of nitrogens with one attached hydrogen (secondary N) is 2. The van der Waals surface area contributed by atoms with Gasteiger partial charge >= 0.3 is 0 Å². The highest BCUT2D eigenvalue weighted by molar-refractivity contribution is 7.26. The van der Waals surface area contributed by atoms with Crippen LogP contribution in [0.2, 0.25) is 0 Å². The number of para-hydroxylation sites is 2. The van der Waals surface area contributed by atoms with Gasteiger partial charge in [-0.25, -0.2) is 4.99 Å². The van der Waals surface area contributed by atoms with Gasteiger partial charge in [0.1, 0.15) is 12.0 Å². The van der Waals surface area contributed by atoms with E-state index in [0.29, 0.717) is 5.92 Å². The summed E-state index contributed by atoms with van der Waals surface area (Å²) in [6.07, 6.45) is 15.5. The molecule has 0 saturated carbocycles. The number of thiophene rings is 2. The molecule has 9 aromatic rings. The topological polar surface area (TPSA) is 41.4 Å². The summed E-state index contributed by atoms with van der Waals surface area (Å²) in [5.74, 6) is 1.26. The molecule has 6 aromatic carbocycles. The molecule has 0 saturated heterocycles. The SMILES string of the molecule is C1=CCC(C2NC(c3ccccc3)=NC(c3ccc4sc5cccc(-c6cccc7c8c(sc67)CC(n6c7ccccc7c7ccccc76)C=C8)c5c4c3)N2)C=C1. The smallest absolute Gasteiger partial charge is 0.131 e. The number of rotatable bonds is 5. The van der Waals surface area contributed by atoms with Crippen molar-refractivity contribution in [3.8, 4) is 11.1 Å². The molecular weight excluding hydrogens is 733 g/mol. The van der Waals surface area contributed by atoms with Crippen LogP contribution in [0.15, 0.2) is 169 Å². The standard InChI is InChI=1S/C51H38N4S2/c1-3-13-31(14-4-1)49-52-50(32-15-5-2-6-16-32)54-51(53-49)33-25-28-44-41(29-33)47-38(19-12-24-45(47)56-44)40-21-11-20-39-37-27-26-34(30-46(37)57-48(39)40)55-42-22-9-7-17-35(42)36-18-8-10-23-43(36)55/h1-15,17-29,32,34,50-51,54H,16,30H2,(H,52,53). The van der Waals surface area contributed by atoms with Crippen LogP contribution in [0.4, 0.5) is 0 Å². The second-order valence-corrected chi connectivity index (χ2v) is 17.6. The highest BCUT2D eigenvalue weighted by Gasteiger charge is 2.30. The van der Waals surface area contributed by atoms with Crippen molar-refractivity contribution in [2.45, 2.75) is 31.2 Å². The predicted molar refractivity (Wildman–Crippen MR) is 244 cm³/mol. The van der Waals surface area contributed by atoms with E-state index in [9.17, 15) is 0 Å². The summed E-state index contributed by atoms with van der Waals surface area (Å²) in [6, 6.07) is 49.3. The van der Waals surface area contributed by atoms with E-state index in [2.05, 4.69) is 185 Å². The van der Waals surface area contributed by atoms with Gasteiger partial charge in [-0.1, -0.05) is 140 Å². The molecule has 274 valence electrons. The number of aromatic nitrogens is 1. The molecule has 2 N–H and O–H groups in total. The van der Waals surface area contributed by atoms with E-state index in [0.717, 1.165) is 24.2 Å². The third kappa shape index (κ3) is 5.39. The van der Waals surface area contributed by atoms with Gasteiger partial charge in [-0.3, -0.25) is 5.32 Å². The average molecular weight is 771 g/mol. The summed E-state index contributed by atoms with van der Waals surface area (Å²) in [4.78, 5) is 6.76. The Hall–Kier alpha value is -6.05. The van der Waals surface area contributed by atoms with E-state index in [1.165, 1.54) is 79.2 Å². The van der Waals surface area contributed by atoms with Gasteiger partial charge in [-0.05, 0) is 53.4 Å². The zero-order chi connectivity index (χ0) is 37.5. The molecule has 3 aromatic heterocycles. The number of nitrogens with zero attached hydrogens (tertiary/aromatic N) is 2. The van der Waals surface area contributed by atoms with Gasteiger partial charge in [0.05, 0.1) is 12.2 Å². The molecule has 3 aliphatic rings. The number of benzene rings is 6. The van der Waals surface area contributed by atoms with Crippen molar-refractivity contribution in [2.75, 3.05) is 0 Å². The van der Waals surface area contributed by atoms with Crippen molar-refractivity contribution in [3.05, 3.63) is 185 Å². The van der Waals surface area contributed by atoms with E-state index in [-0.39, 0.29) is 18.4 Å². The Balaban J connectivity index is 0.957. The first-order chi connectivity index (χ1) is 28.2. The maximum atomic E-state index is 5.30. The molecule has 4 heterocycles. The van der Waals surface area contributed by atoms with Gasteiger partial charge in [-0.2, -0.15) is 0 Å². The lowest BCUT2D eigenvalue weighted by Gasteiger charge is -2.35. The monoisotopic (exact) mass is 770 g/mol. The van der Waals surface area contributed by atoms with E-state index in [1.807, 2.05) is 22.7 Å². The number of amidine groups is 1. The minimum atomic E-state index is -0.181. The fraction of sp³-hybridized carbons (Fsp3) is 0.118. The van der Waals surface area contributed by atoms with Crippen LogP contribution in [-0.4, -0.2) is 16.6 Å². The van der Waals surface area contributed by atoms with Gasteiger partial charge in [0, 0.05) is 80.4 Å². The molecule has 0 radical (unpaired) electrons. The normalized spacial score (nSPS) is 20.5. The third-order valence-corrected chi connectivity index (χ3v) is 14.6. The Morgan fingerprint density at radius 2 is 1.42 bits per heavy atom. The Kier molecular flexibility index (Phi) is 7.71. The van der Waals surface area contributed by atoms with Crippen LogP contribution in [0.5, 0.6) is 0 Å². The molecule has 4 atom stereocenters. The third-order valence-electron chi connectivity index (χ3n) is 12.2. The van der Waals surface area contributed by atoms with Gasteiger partial charge in [0.15, 0.2) is 0 Å². The van der Waals surface area contributed by atoms with Crippen molar-refractivity contribution in [3.63, 3.8) is 0 Å². The van der Waals surface area contributed by atoms with Crippen molar-refractivity contribution in [1.82, 2.24) is 15.2 Å². The van der Waals surface area contributed by atoms with Crippen LogP contribution in [0.1, 0.15) is 40.2 Å². The molecule has 1 aliphatic heterocycles. The molecule has 4 nitrogen and oxygen atoms in total. The lowest BCUT2D eigenvalue weighted by atomic mass is 9.94. The molecule has 2 aliphatic carbocycles. The first-order valence-electron chi connectivity index (χ1n) is 19.9. The fourth-order valence-electron chi connectivity index (χ4n) is 9.49. The van der Waals surface area contributed by atoms with Crippen LogP contribution in [-0.2, 0) is 6.42 Å². The summed E-state index contributed by atoms with van der Waals surface area (Å²) < 4.78 is 6.54. The van der Waals surface area contributed by atoms with Gasteiger partial charge < -0.3 is 9.88 Å². The number of allylic oxidation sites excluding steroid dienone is 4. The molecule has 6 heteroatoms. The molecule has 12 rings (SSSR count). The highest BCUT2D eigenvalue weighted by atomic mass is 32.1. The molecule has 0 bridgehead atoms. The van der Waals surface area contributed by atoms with E-state index < -0.39 is 0 Å². The first kappa shape index (κ1) is 33.1. The van der Waals surface area contributed by atoms with Crippen LogP contribution in [0, 0.1) is 5.92 Å². The van der Waals surface area contributed by atoms with Crippen LogP contribution < -0.4 is 10.6 Å². The summed E-state index contributed by atoms with van der Waals surface area (Å²) in [7, 11) is 0. The Bertz CT molecular complexity index is 3120. The lowest BCUT2D eigenvalue weighted by Crippen LogP contribution is -2.54. The Morgan fingerprint density at radius 1 is 0.649 bits per heavy atom. The van der Waals surface area contributed by atoms with E-state index in [1.54, 1.807) is 0 Å². The predicted octanol–water partition coefficient (Wildman–Crippen LogP) is 13.0. The fourth-order valence-corrected chi connectivity index (χ4v) is 12.0. The van der Waals surface area contributed by atoms with Crippen LogP contribution >= 0.6 is 22.7 Å². The number of aliphatic imine (C=N–C) groups is 1. The van der Waals surface area contributed by atoms with Crippen molar-refractivity contribution < 1.29 is 0 Å². The lowest BCUT2D eigenvalue weighted by molar-refractivity contribution is 0.328. The summed E-state index contributed by atoms with van der Waals surface area (Å²) in [6.45, 7) is 0. The summed E-state index contributed by atoms with van der Waals surface area (Å²) in [5.41, 5.74) is 8.87. The van der Waals surface area contributed by atoms with Crippen molar-refractivity contribution in [1.29, 1.82) is 0 Å². The molecule has 57 heavy (non-hydrogen) atoms. The summed E-state index contributed by atoms with van der Waals surface area (Å²) in [5, 5.41) is 14.2. The highest BCUT2D eigenvalue weighted by Crippen LogP contribution is 2.47. The van der Waals surface area contributed by atoms with Crippen LogP contribution in [0.25, 0.3) is 69.3 Å². The largest absolute Gasteiger partial charge is 0.354 e. The van der Waals surface area contributed by atoms with Gasteiger partial charge in [0.25, 0.3) is 0 Å². The first-order valence-corrected chi connectivity index (χ1v) is 21.5. The molecule has 0 spiro atoms. The molecule has 4 unspecified atom stereocenters. The van der Waals surface area contributed by atoms with Crippen LogP contribution in [0.3, 0.4) is 0 Å². The molecule has 0 amide bonds. The Morgan fingerprint density at radius 3 is 2.25 bits per heavy atom. The second kappa shape index (κ2) is 13.3. The van der Waals surface area contributed by atoms with E-state index >= 15 is 0 Å². The second-order valence-electron chi connectivity index (χ2n) is 15.4. The average Bonchev–Trinajstić information content (AvgIpc) is 3.96.